The van der Waals surface area contributed by atoms with Crippen molar-refractivity contribution in [1.82, 2.24) is 4.98 Å². The molecule has 0 atom stereocenters. The van der Waals surface area contributed by atoms with Crippen molar-refractivity contribution in [2.45, 2.75) is 0 Å². The molecular weight excluding hydrogens is 243 g/mol. The molecule has 0 aliphatic rings. The van der Waals surface area contributed by atoms with Crippen molar-refractivity contribution in [2.24, 2.45) is 0 Å². The maximum Gasteiger partial charge on any atom is 0.155 e. The first kappa shape index (κ1) is 9.48. The van der Waals surface area contributed by atoms with Gasteiger partial charge in [0.2, 0.25) is 0 Å². The van der Waals surface area contributed by atoms with E-state index in [1.165, 1.54) is 0 Å². The number of carbonyl (C=O) groups is 1. The van der Waals surface area contributed by atoms with Gasteiger partial charge in [-0.1, -0.05) is 11.6 Å². The molecule has 0 bridgehead atoms. The molecule has 0 aliphatic heterocycles. The molecule has 0 saturated carbocycles. The number of aldehydes is 1. The third kappa shape index (κ3) is 1.59. The van der Waals surface area contributed by atoms with Crippen LogP contribution in [0.1, 0.15) is 10.4 Å². The van der Waals surface area contributed by atoms with Crippen LogP contribution in [-0.4, -0.2) is 18.3 Å². The first-order valence-electron chi connectivity index (χ1n) is 3.17. The lowest BCUT2D eigenvalue weighted by Crippen LogP contribution is -1.98. The zero-order valence-electron chi connectivity index (χ0n) is 6.27. The highest BCUT2D eigenvalue weighted by Crippen LogP contribution is 2.28. The lowest BCUT2D eigenvalue weighted by molar-refractivity contribution is 0.112. The van der Waals surface area contributed by atoms with E-state index in [1.807, 2.05) is 0 Å². The van der Waals surface area contributed by atoms with Gasteiger partial charge in [0.15, 0.2) is 6.29 Å². The Labute approximate surface area is 83.3 Å². The van der Waals surface area contributed by atoms with Crippen molar-refractivity contribution in [3.63, 3.8) is 0 Å². The van der Waals surface area contributed by atoms with Crippen LogP contribution in [0.3, 0.4) is 0 Å². The van der Waals surface area contributed by atoms with Gasteiger partial charge >= 0.3 is 0 Å². The summed E-state index contributed by atoms with van der Waals surface area (Å²) in [5.74, 6) is 0.484. The fourth-order valence-corrected chi connectivity index (χ4v) is 1.29. The summed E-state index contributed by atoms with van der Waals surface area (Å²) in [5.41, 5.74) is 0.369. The molecule has 0 unspecified atom stereocenters. The van der Waals surface area contributed by atoms with Crippen LogP contribution in [0.4, 0.5) is 5.82 Å². The Balaban J connectivity index is 3.35. The number of halogens is 2. The van der Waals surface area contributed by atoms with Crippen LogP contribution in [0.5, 0.6) is 0 Å². The van der Waals surface area contributed by atoms with E-state index < -0.39 is 0 Å². The first-order valence-corrected chi connectivity index (χ1v) is 4.34. The van der Waals surface area contributed by atoms with Gasteiger partial charge in [0.1, 0.15) is 5.82 Å². The predicted molar refractivity (Wildman–Crippen MR) is 51.9 cm³/mol. The minimum Gasteiger partial charge on any atom is -0.373 e. The molecule has 1 N–H and O–H groups in total. The molecule has 0 aromatic carbocycles. The highest BCUT2D eigenvalue weighted by atomic mass is 79.9. The summed E-state index contributed by atoms with van der Waals surface area (Å²) in [6.07, 6.45) is 2.22. The molecule has 12 heavy (non-hydrogen) atoms. The maximum absolute atomic E-state index is 10.6. The van der Waals surface area contributed by atoms with Crippen LogP contribution in [0.25, 0.3) is 0 Å². The number of nitrogens with zero attached hydrogens (tertiary/aromatic N) is 1. The Bertz CT molecular complexity index is 317. The van der Waals surface area contributed by atoms with E-state index in [0.29, 0.717) is 27.2 Å². The highest BCUT2D eigenvalue weighted by molar-refractivity contribution is 9.10. The Morgan fingerprint density at radius 2 is 2.42 bits per heavy atom. The quantitative estimate of drug-likeness (QED) is 0.818. The number of nitrogens with one attached hydrogen (secondary N) is 1. The summed E-state index contributed by atoms with van der Waals surface area (Å²) in [4.78, 5) is 14.5. The highest BCUT2D eigenvalue weighted by Gasteiger charge is 2.09. The van der Waals surface area contributed by atoms with Gasteiger partial charge in [-0.2, -0.15) is 0 Å². The molecule has 3 nitrogen and oxygen atoms in total. The molecule has 0 fully saturated rings. The molecular formula is C7H6BrClN2O. The van der Waals surface area contributed by atoms with Gasteiger partial charge in [0, 0.05) is 13.2 Å². The number of hydrogen-bond acceptors (Lipinski definition) is 3. The fourth-order valence-electron chi connectivity index (χ4n) is 0.787. The Morgan fingerprint density at radius 1 is 1.75 bits per heavy atom. The van der Waals surface area contributed by atoms with E-state index in [0.717, 1.165) is 0 Å². The van der Waals surface area contributed by atoms with Crippen LogP contribution in [0.2, 0.25) is 5.02 Å². The summed E-state index contributed by atoms with van der Waals surface area (Å²) in [7, 11) is 1.68. The van der Waals surface area contributed by atoms with Crippen LogP contribution in [0.15, 0.2) is 10.7 Å². The minimum atomic E-state index is 0.369. The van der Waals surface area contributed by atoms with Crippen molar-refractivity contribution in [1.29, 1.82) is 0 Å². The van der Waals surface area contributed by atoms with E-state index in [2.05, 4.69) is 26.2 Å². The van der Waals surface area contributed by atoms with Crippen molar-refractivity contribution in [3.8, 4) is 0 Å². The fraction of sp³-hybridized carbons (Fsp3) is 0.143. The maximum atomic E-state index is 10.6. The second kappa shape index (κ2) is 3.87. The van der Waals surface area contributed by atoms with Gasteiger partial charge in [-0.25, -0.2) is 4.98 Å². The van der Waals surface area contributed by atoms with Gasteiger partial charge < -0.3 is 5.32 Å². The molecule has 0 aliphatic carbocycles. The molecule has 0 radical (unpaired) electrons. The molecule has 1 aromatic rings. The number of pyridine rings is 1. The normalized spacial score (nSPS) is 9.58. The Morgan fingerprint density at radius 3 is 2.92 bits per heavy atom. The Kier molecular flexibility index (Phi) is 3.05. The first-order chi connectivity index (χ1) is 5.70. The minimum absolute atomic E-state index is 0.369. The van der Waals surface area contributed by atoms with E-state index in [-0.39, 0.29) is 0 Å². The average molecular weight is 249 g/mol. The van der Waals surface area contributed by atoms with Gasteiger partial charge in [0.05, 0.1) is 15.1 Å². The lowest BCUT2D eigenvalue weighted by Gasteiger charge is -2.04. The van der Waals surface area contributed by atoms with Crippen molar-refractivity contribution in [3.05, 3.63) is 21.3 Å². The van der Waals surface area contributed by atoms with E-state index >= 15 is 0 Å². The zero-order valence-corrected chi connectivity index (χ0v) is 8.61. The standard InChI is InChI=1S/C7H6BrClN2O/c1-10-7-4(3-12)6(9)5(8)2-11-7/h2-3H,1H3,(H,10,11). The summed E-state index contributed by atoms with van der Waals surface area (Å²) >= 11 is 8.99. The number of anilines is 1. The smallest absolute Gasteiger partial charge is 0.155 e. The van der Waals surface area contributed by atoms with E-state index in [4.69, 9.17) is 11.6 Å². The molecule has 64 valence electrons. The monoisotopic (exact) mass is 248 g/mol. The van der Waals surface area contributed by atoms with Crippen molar-refractivity contribution >= 4 is 39.6 Å². The molecule has 5 heteroatoms. The average Bonchev–Trinajstić information content (AvgIpc) is 2.09. The topological polar surface area (TPSA) is 42.0 Å². The van der Waals surface area contributed by atoms with Crippen LogP contribution < -0.4 is 5.32 Å². The lowest BCUT2D eigenvalue weighted by atomic mass is 10.3. The zero-order chi connectivity index (χ0) is 9.14. The predicted octanol–water partition coefficient (Wildman–Crippen LogP) is 2.35. The second-order valence-electron chi connectivity index (χ2n) is 2.05. The molecule has 0 saturated heterocycles. The summed E-state index contributed by atoms with van der Waals surface area (Å²) in [5, 5.41) is 3.15. The van der Waals surface area contributed by atoms with Gasteiger partial charge in [-0.05, 0) is 15.9 Å². The summed E-state index contributed by atoms with van der Waals surface area (Å²) in [6.45, 7) is 0. The number of carbonyl (C=O) groups excluding carboxylic acids is 1. The SMILES string of the molecule is CNc1ncc(Br)c(Cl)c1C=O. The van der Waals surface area contributed by atoms with Crippen molar-refractivity contribution < 1.29 is 4.79 Å². The van der Waals surface area contributed by atoms with Crippen LogP contribution >= 0.6 is 27.5 Å². The second-order valence-corrected chi connectivity index (χ2v) is 3.28. The molecule has 0 spiro atoms. The number of hydrogen-bond donors (Lipinski definition) is 1. The largest absolute Gasteiger partial charge is 0.373 e. The van der Waals surface area contributed by atoms with Gasteiger partial charge in [-0.15, -0.1) is 0 Å². The van der Waals surface area contributed by atoms with Gasteiger partial charge in [0.25, 0.3) is 0 Å². The molecule has 1 heterocycles. The van der Waals surface area contributed by atoms with Crippen LogP contribution in [-0.2, 0) is 0 Å². The van der Waals surface area contributed by atoms with E-state index in [9.17, 15) is 4.79 Å². The number of aromatic nitrogens is 1. The number of rotatable bonds is 2. The van der Waals surface area contributed by atoms with E-state index in [1.54, 1.807) is 13.2 Å². The van der Waals surface area contributed by atoms with Crippen LogP contribution in [0, 0.1) is 0 Å². The third-order valence-electron chi connectivity index (χ3n) is 1.36. The van der Waals surface area contributed by atoms with Crippen molar-refractivity contribution in [2.75, 3.05) is 12.4 Å². The molecule has 0 amide bonds. The van der Waals surface area contributed by atoms with Gasteiger partial charge in [-0.3, -0.25) is 4.79 Å². The molecule has 1 aromatic heterocycles. The summed E-state index contributed by atoms with van der Waals surface area (Å²) < 4.78 is 0.616. The summed E-state index contributed by atoms with van der Waals surface area (Å²) in [6, 6.07) is 0. The molecule has 1 rings (SSSR count). The Hall–Kier alpha value is -0.610. The third-order valence-corrected chi connectivity index (χ3v) is 2.60.